The van der Waals surface area contributed by atoms with E-state index in [4.69, 9.17) is 16.3 Å². The summed E-state index contributed by atoms with van der Waals surface area (Å²) < 4.78 is 33.3. The molecule has 4 nitrogen and oxygen atoms in total. The van der Waals surface area contributed by atoms with Crippen LogP contribution >= 0.6 is 11.6 Å². The molecule has 0 heterocycles. The van der Waals surface area contributed by atoms with Crippen molar-refractivity contribution in [1.29, 1.82) is 0 Å². The van der Waals surface area contributed by atoms with Gasteiger partial charge in [0.05, 0.1) is 7.11 Å². The van der Waals surface area contributed by atoms with Gasteiger partial charge in [-0.05, 0) is 43.4 Å². The number of hydrogen-bond donors (Lipinski definition) is 1. The Bertz CT molecular complexity index is 616. The first kappa shape index (κ1) is 16.6. The lowest BCUT2D eigenvalue weighted by Crippen LogP contribution is -2.41. The lowest BCUT2D eigenvalue weighted by atomic mass is 9.87. The Hall–Kier alpha value is -0.780. The van der Waals surface area contributed by atoms with Crippen molar-refractivity contribution < 1.29 is 13.2 Å². The van der Waals surface area contributed by atoms with Crippen LogP contribution in [-0.4, -0.2) is 21.6 Å². The Kier molecular flexibility index (Phi) is 5.17. The standard InChI is InChI=1S/C15H22ClNO3S/c1-10-6-4-5-7-13(10)17-21(18,19)15-9-12(16)11(2)8-14(15)20-3/h8-10,13,17H,4-7H2,1-3H3/t10-,13+/m1/s1. The van der Waals surface area contributed by atoms with Crippen molar-refractivity contribution in [2.75, 3.05) is 7.11 Å². The first-order chi connectivity index (χ1) is 9.85. The van der Waals surface area contributed by atoms with E-state index in [9.17, 15) is 8.42 Å². The van der Waals surface area contributed by atoms with Crippen molar-refractivity contribution >= 4 is 21.6 Å². The van der Waals surface area contributed by atoms with Gasteiger partial charge in [0.25, 0.3) is 0 Å². The van der Waals surface area contributed by atoms with Gasteiger partial charge in [0.2, 0.25) is 10.0 Å². The minimum Gasteiger partial charge on any atom is -0.495 e. The minimum absolute atomic E-state index is 0.0199. The van der Waals surface area contributed by atoms with Crippen LogP contribution in [0.3, 0.4) is 0 Å². The average Bonchev–Trinajstić information content (AvgIpc) is 2.43. The molecular weight excluding hydrogens is 310 g/mol. The van der Waals surface area contributed by atoms with Gasteiger partial charge in [-0.25, -0.2) is 13.1 Å². The number of nitrogens with one attached hydrogen (secondary N) is 1. The van der Waals surface area contributed by atoms with Crippen LogP contribution in [-0.2, 0) is 10.0 Å². The van der Waals surface area contributed by atoms with E-state index in [0.717, 1.165) is 24.8 Å². The summed E-state index contributed by atoms with van der Waals surface area (Å²) in [6, 6.07) is 3.10. The Morgan fingerprint density at radius 3 is 2.57 bits per heavy atom. The molecule has 1 aliphatic carbocycles. The van der Waals surface area contributed by atoms with Gasteiger partial charge < -0.3 is 4.74 Å². The van der Waals surface area contributed by atoms with Gasteiger partial charge in [-0.3, -0.25) is 0 Å². The highest BCUT2D eigenvalue weighted by molar-refractivity contribution is 7.89. The van der Waals surface area contributed by atoms with Gasteiger partial charge in [0, 0.05) is 11.1 Å². The molecule has 0 unspecified atom stereocenters. The van der Waals surface area contributed by atoms with Crippen molar-refractivity contribution in [3.05, 3.63) is 22.7 Å². The van der Waals surface area contributed by atoms with Crippen molar-refractivity contribution in [3.63, 3.8) is 0 Å². The summed E-state index contributed by atoms with van der Waals surface area (Å²) in [5.41, 5.74) is 0.790. The van der Waals surface area contributed by atoms with Gasteiger partial charge in [-0.2, -0.15) is 0 Å². The molecule has 2 rings (SSSR count). The number of rotatable bonds is 4. The molecular formula is C15H22ClNO3S. The summed E-state index contributed by atoms with van der Waals surface area (Å²) in [4.78, 5) is 0.110. The SMILES string of the molecule is COc1cc(C)c(Cl)cc1S(=O)(=O)N[C@H]1CCCC[C@H]1C. The number of halogens is 1. The predicted molar refractivity (Wildman–Crippen MR) is 84.5 cm³/mol. The van der Waals surface area contributed by atoms with E-state index in [2.05, 4.69) is 11.6 Å². The molecule has 1 N–H and O–H groups in total. The van der Waals surface area contributed by atoms with Crippen LogP contribution in [0.2, 0.25) is 5.02 Å². The fraction of sp³-hybridized carbons (Fsp3) is 0.600. The number of ether oxygens (including phenoxy) is 1. The van der Waals surface area contributed by atoms with Crippen LogP contribution in [0, 0.1) is 12.8 Å². The van der Waals surface area contributed by atoms with Crippen LogP contribution in [0.1, 0.15) is 38.2 Å². The van der Waals surface area contributed by atoms with E-state index in [1.54, 1.807) is 6.07 Å². The number of sulfonamides is 1. The molecule has 0 aromatic heterocycles. The predicted octanol–water partition coefficient (Wildman–Crippen LogP) is 3.51. The number of methoxy groups -OCH3 is 1. The molecule has 1 fully saturated rings. The van der Waals surface area contributed by atoms with Crippen molar-refractivity contribution in [3.8, 4) is 5.75 Å². The first-order valence-electron chi connectivity index (χ1n) is 7.21. The smallest absolute Gasteiger partial charge is 0.244 e. The maximum Gasteiger partial charge on any atom is 0.244 e. The van der Waals surface area contributed by atoms with Gasteiger partial charge in [0.1, 0.15) is 10.6 Å². The topological polar surface area (TPSA) is 55.4 Å². The quantitative estimate of drug-likeness (QED) is 0.918. The maximum absolute atomic E-state index is 12.6. The monoisotopic (exact) mass is 331 g/mol. The molecule has 0 saturated heterocycles. The van der Waals surface area contributed by atoms with Crippen LogP contribution < -0.4 is 9.46 Å². The van der Waals surface area contributed by atoms with Gasteiger partial charge in [-0.15, -0.1) is 0 Å². The summed E-state index contributed by atoms with van der Waals surface area (Å²) >= 11 is 6.07. The van der Waals surface area contributed by atoms with E-state index in [1.165, 1.54) is 19.6 Å². The van der Waals surface area contributed by atoms with E-state index < -0.39 is 10.0 Å². The highest BCUT2D eigenvalue weighted by Crippen LogP contribution is 2.31. The molecule has 1 aromatic rings. The average molecular weight is 332 g/mol. The zero-order valence-electron chi connectivity index (χ0n) is 12.6. The Morgan fingerprint density at radius 1 is 1.29 bits per heavy atom. The molecule has 1 saturated carbocycles. The van der Waals surface area contributed by atoms with Crippen molar-refractivity contribution in [2.24, 2.45) is 5.92 Å². The Balaban J connectivity index is 2.33. The summed E-state index contributed by atoms with van der Waals surface area (Å²) in [7, 11) is -2.17. The van der Waals surface area contributed by atoms with Gasteiger partial charge in [-0.1, -0.05) is 31.4 Å². The zero-order valence-corrected chi connectivity index (χ0v) is 14.2. The van der Waals surface area contributed by atoms with Crippen LogP contribution in [0.4, 0.5) is 0 Å². The molecule has 1 aromatic carbocycles. The molecule has 0 spiro atoms. The molecule has 0 radical (unpaired) electrons. The molecule has 2 atom stereocenters. The normalized spacial score (nSPS) is 23.0. The summed E-state index contributed by atoms with van der Waals surface area (Å²) in [5.74, 6) is 0.674. The second-order valence-electron chi connectivity index (χ2n) is 5.74. The summed E-state index contributed by atoms with van der Waals surface area (Å²) in [6.07, 6.45) is 4.16. The molecule has 0 bridgehead atoms. The maximum atomic E-state index is 12.6. The van der Waals surface area contributed by atoms with E-state index in [1.807, 2.05) is 6.92 Å². The second kappa shape index (κ2) is 6.55. The summed E-state index contributed by atoms with van der Waals surface area (Å²) in [6.45, 7) is 3.91. The first-order valence-corrected chi connectivity index (χ1v) is 9.07. The molecule has 1 aliphatic rings. The van der Waals surface area contributed by atoms with Gasteiger partial charge >= 0.3 is 0 Å². The molecule has 6 heteroatoms. The molecule has 118 valence electrons. The number of hydrogen-bond acceptors (Lipinski definition) is 3. The highest BCUT2D eigenvalue weighted by Gasteiger charge is 2.29. The third-order valence-electron chi connectivity index (χ3n) is 4.15. The second-order valence-corrected chi connectivity index (χ2v) is 7.83. The molecule has 21 heavy (non-hydrogen) atoms. The lowest BCUT2D eigenvalue weighted by molar-refractivity contribution is 0.310. The van der Waals surface area contributed by atoms with E-state index in [0.29, 0.717) is 16.7 Å². The fourth-order valence-electron chi connectivity index (χ4n) is 2.76. The Morgan fingerprint density at radius 2 is 1.95 bits per heavy atom. The molecule has 0 aliphatic heterocycles. The fourth-order valence-corrected chi connectivity index (χ4v) is 4.54. The largest absolute Gasteiger partial charge is 0.495 e. The van der Waals surface area contributed by atoms with Crippen molar-refractivity contribution in [1.82, 2.24) is 4.72 Å². The number of aryl methyl sites for hydroxylation is 1. The lowest BCUT2D eigenvalue weighted by Gasteiger charge is -2.29. The number of benzene rings is 1. The third kappa shape index (κ3) is 3.71. The highest BCUT2D eigenvalue weighted by atomic mass is 35.5. The van der Waals surface area contributed by atoms with Crippen LogP contribution in [0.15, 0.2) is 17.0 Å². The van der Waals surface area contributed by atoms with Crippen molar-refractivity contribution in [2.45, 2.75) is 50.5 Å². The van der Waals surface area contributed by atoms with Crippen LogP contribution in [0.25, 0.3) is 0 Å². The summed E-state index contributed by atoms with van der Waals surface area (Å²) in [5, 5.41) is 0.424. The minimum atomic E-state index is -3.63. The third-order valence-corrected chi connectivity index (χ3v) is 6.07. The van der Waals surface area contributed by atoms with Crippen LogP contribution in [0.5, 0.6) is 5.75 Å². The Labute approximate surface area is 131 Å². The molecule has 0 amide bonds. The van der Waals surface area contributed by atoms with E-state index >= 15 is 0 Å². The van der Waals surface area contributed by atoms with E-state index in [-0.39, 0.29) is 10.9 Å². The van der Waals surface area contributed by atoms with Gasteiger partial charge in [0.15, 0.2) is 0 Å². The zero-order chi connectivity index (χ0) is 15.6.